The molecule has 1 aromatic rings. The molecule has 1 N–H and O–H groups in total. The predicted octanol–water partition coefficient (Wildman–Crippen LogP) is 1.82. The largest absolute Gasteiger partial charge is 0.459 e. The van der Waals surface area contributed by atoms with Crippen LogP contribution in [0.15, 0.2) is 24.3 Å². The number of nitrogens with one attached hydrogen (secondary N) is 1. The third-order valence-corrected chi connectivity index (χ3v) is 2.71. The highest BCUT2D eigenvalue weighted by Crippen LogP contribution is 2.09. The van der Waals surface area contributed by atoms with Crippen molar-refractivity contribution in [2.75, 3.05) is 20.6 Å². The number of ether oxygens (including phenoxy) is 1. The Kier molecular flexibility index (Phi) is 5.90. The van der Waals surface area contributed by atoms with E-state index in [4.69, 9.17) is 4.74 Å². The van der Waals surface area contributed by atoms with Gasteiger partial charge < -0.3 is 10.1 Å². The average Bonchev–Trinajstić information content (AvgIpc) is 2.36. The van der Waals surface area contributed by atoms with Crippen LogP contribution >= 0.6 is 0 Å². The number of likely N-dealkylation sites (N-methyl/N-ethyl adjacent to an activating group) is 1. The first-order valence-electron chi connectivity index (χ1n) is 6.92. The molecule has 116 valence electrons. The highest BCUT2D eigenvalue weighted by molar-refractivity contribution is 5.93. The molecule has 5 heteroatoms. The molecule has 21 heavy (non-hydrogen) atoms. The zero-order valence-corrected chi connectivity index (χ0v) is 13.4. The fourth-order valence-corrected chi connectivity index (χ4v) is 1.87. The van der Waals surface area contributed by atoms with Gasteiger partial charge in [0, 0.05) is 19.2 Å². The SMILES string of the molecule is CNC(=O)c1ccc(CN(C)CC(=O)OC(C)(C)C)cc1. The first kappa shape index (κ1) is 17.2. The van der Waals surface area contributed by atoms with E-state index in [1.807, 2.05) is 44.9 Å². The molecular weight excluding hydrogens is 268 g/mol. The molecule has 1 rings (SSSR count). The zero-order valence-electron chi connectivity index (χ0n) is 13.4. The maximum atomic E-state index is 11.7. The van der Waals surface area contributed by atoms with Crippen LogP contribution in [-0.2, 0) is 16.1 Å². The molecule has 0 heterocycles. The van der Waals surface area contributed by atoms with E-state index in [9.17, 15) is 9.59 Å². The number of hydrogen-bond donors (Lipinski definition) is 1. The highest BCUT2D eigenvalue weighted by Gasteiger charge is 2.17. The number of amides is 1. The standard InChI is InChI=1S/C16H24N2O3/c1-16(2,3)21-14(19)11-18(5)10-12-6-8-13(9-7-12)15(20)17-4/h6-9H,10-11H2,1-5H3,(H,17,20). The summed E-state index contributed by atoms with van der Waals surface area (Å²) < 4.78 is 5.28. The molecule has 0 saturated heterocycles. The van der Waals surface area contributed by atoms with Crippen LogP contribution in [0.2, 0.25) is 0 Å². The van der Waals surface area contributed by atoms with Crippen LogP contribution in [0.4, 0.5) is 0 Å². The molecule has 5 nitrogen and oxygen atoms in total. The smallest absolute Gasteiger partial charge is 0.320 e. The van der Waals surface area contributed by atoms with Crippen LogP contribution in [0, 0.1) is 0 Å². The van der Waals surface area contributed by atoms with Crippen LogP contribution in [0.5, 0.6) is 0 Å². The topological polar surface area (TPSA) is 58.6 Å². The summed E-state index contributed by atoms with van der Waals surface area (Å²) in [6.45, 7) is 6.40. The average molecular weight is 292 g/mol. The molecule has 0 saturated carbocycles. The third kappa shape index (κ3) is 6.40. The molecule has 0 fully saturated rings. The second kappa shape index (κ2) is 7.22. The molecule has 0 radical (unpaired) electrons. The van der Waals surface area contributed by atoms with Gasteiger partial charge in [-0.1, -0.05) is 12.1 Å². The summed E-state index contributed by atoms with van der Waals surface area (Å²) in [5, 5.41) is 2.58. The number of rotatable bonds is 5. The van der Waals surface area contributed by atoms with Gasteiger partial charge in [0.05, 0.1) is 6.54 Å². The van der Waals surface area contributed by atoms with E-state index in [0.717, 1.165) is 5.56 Å². The van der Waals surface area contributed by atoms with Gasteiger partial charge in [-0.15, -0.1) is 0 Å². The van der Waals surface area contributed by atoms with Crippen molar-refractivity contribution in [3.63, 3.8) is 0 Å². The second-order valence-electron chi connectivity index (χ2n) is 6.03. The molecule has 0 atom stereocenters. The minimum atomic E-state index is -0.465. The van der Waals surface area contributed by atoms with E-state index in [2.05, 4.69) is 5.32 Å². The Hall–Kier alpha value is -1.88. The maximum absolute atomic E-state index is 11.7. The van der Waals surface area contributed by atoms with Crippen molar-refractivity contribution in [1.29, 1.82) is 0 Å². The predicted molar refractivity (Wildman–Crippen MR) is 82.0 cm³/mol. The molecular formula is C16H24N2O3. The monoisotopic (exact) mass is 292 g/mol. The van der Waals surface area contributed by atoms with Crippen molar-refractivity contribution in [1.82, 2.24) is 10.2 Å². The van der Waals surface area contributed by atoms with Crippen LogP contribution in [0.25, 0.3) is 0 Å². The van der Waals surface area contributed by atoms with Gasteiger partial charge in [0.25, 0.3) is 5.91 Å². The third-order valence-electron chi connectivity index (χ3n) is 2.71. The van der Waals surface area contributed by atoms with Crippen molar-refractivity contribution in [3.05, 3.63) is 35.4 Å². The number of hydrogen-bond acceptors (Lipinski definition) is 4. The van der Waals surface area contributed by atoms with Crippen molar-refractivity contribution < 1.29 is 14.3 Å². The molecule has 0 aliphatic carbocycles. The number of carbonyl (C=O) groups excluding carboxylic acids is 2. The van der Waals surface area contributed by atoms with Crippen molar-refractivity contribution in [3.8, 4) is 0 Å². The number of carbonyl (C=O) groups is 2. The van der Waals surface area contributed by atoms with Crippen LogP contribution in [-0.4, -0.2) is 43.0 Å². The molecule has 1 aromatic carbocycles. The second-order valence-corrected chi connectivity index (χ2v) is 6.03. The van der Waals surface area contributed by atoms with E-state index in [1.54, 1.807) is 19.2 Å². The molecule has 1 amide bonds. The number of nitrogens with zero attached hydrogens (tertiary/aromatic N) is 1. The van der Waals surface area contributed by atoms with Gasteiger partial charge in [-0.3, -0.25) is 14.5 Å². The minimum absolute atomic E-state index is 0.108. The maximum Gasteiger partial charge on any atom is 0.320 e. The summed E-state index contributed by atoms with van der Waals surface area (Å²) in [6.07, 6.45) is 0. The Morgan fingerprint density at radius 2 is 1.76 bits per heavy atom. The van der Waals surface area contributed by atoms with Gasteiger partial charge in [-0.25, -0.2) is 0 Å². The first-order valence-corrected chi connectivity index (χ1v) is 6.92. The van der Waals surface area contributed by atoms with Gasteiger partial charge in [0.15, 0.2) is 0 Å². The first-order chi connectivity index (χ1) is 9.71. The summed E-state index contributed by atoms with van der Waals surface area (Å²) in [4.78, 5) is 25.0. The number of benzene rings is 1. The normalized spacial score (nSPS) is 11.3. The summed E-state index contributed by atoms with van der Waals surface area (Å²) in [5.41, 5.74) is 1.19. The molecule has 0 bridgehead atoms. The van der Waals surface area contributed by atoms with E-state index in [1.165, 1.54) is 0 Å². The Morgan fingerprint density at radius 1 is 1.19 bits per heavy atom. The van der Waals surface area contributed by atoms with Gasteiger partial charge in [0.1, 0.15) is 5.60 Å². The Morgan fingerprint density at radius 3 is 2.24 bits per heavy atom. The Bertz CT molecular complexity index is 489. The molecule has 0 spiro atoms. The summed E-state index contributed by atoms with van der Waals surface area (Å²) in [7, 11) is 3.46. The van der Waals surface area contributed by atoms with Crippen LogP contribution in [0.3, 0.4) is 0 Å². The molecule has 0 unspecified atom stereocenters. The Balaban J connectivity index is 2.53. The zero-order chi connectivity index (χ0) is 16.0. The summed E-state index contributed by atoms with van der Waals surface area (Å²) >= 11 is 0. The van der Waals surface area contributed by atoms with Crippen molar-refractivity contribution >= 4 is 11.9 Å². The lowest BCUT2D eigenvalue weighted by atomic mass is 10.1. The molecule has 0 aliphatic heterocycles. The fourth-order valence-electron chi connectivity index (χ4n) is 1.87. The van der Waals surface area contributed by atoms with Crippen LogP contribution in [0.1, 0.15) is 36.7 Å². The van der Waals surface area contributed by atoms with Gasteiger partial charge in [-0.05, 0) is 45.5 Å². The van der Waals surface area contributed by atoms with Gasteiger partial charge in [0.2, 0.25) is 0 Å². The van der Waals surface area contributed by atoms with Crippen molar-refractivity contribution in [2.45, 2.75) is 32.9 Å². The molecule has 0 aromatic heterocycles. The number of esters is 1. The lowest BCUT2D eigenvalue weighted by Gasteiger charge is -2.22. The van der Waals surface area contributed by atoms with E-state index >= 15 is 0 Å². The fraction of sp³-hybridized carbons (Fsp3) is 0.500. The molecule has 0 aliphatic rings. The summed E-state index contributed by atoms with van der Waals surface area (Å²) in [6, 6.07) is 7.32. The van der Waals surface area contributed by atoms with E-state index in [0.29, 0.717) is 12.1 Å². The van der Waals surface area contributed by atoms with Gasteiger partial charge >= 0.3 is 5.97 Å². The summed E-state index contributed by atoms with van der Waals surface area (Å²) in [5.74, 6) is -0.351. The lowest BCUT2D eigenvalue weighted by molar-refractivity contribution is -0.155. The highest BCUT2D eigenvalue weighted by atomic mass is 16.6. The van der Waals surface area contributed by atoms with E-state index in [-0.39, 0.29) is 18.4 Å². The van der Waals surface area contributed by atoms with Crippen molar-refractivity contribution in [2.24, 2.45) is 0 Å². The van der Waals surface area contributed by atoms with E-state index < -0.39 is 5.60 Å². The Labute approximate surface area is 126 Å². The van der Waals surface area contributed by atoms with Crippen LogP contribution < -0.4 is 5.32 Å². The lowest BCUT2D eigenvalue weighted by Crippen LogP contribution is -2.32. The van der Waals surface area contributed by atoms with Gasteiger partial charge in [-0.2, -0.15) is 0 Å². The quantitative estimate of drug-likeness (QED) is 0.841. The minimum Gasteiger partial charge on any atom is -0.459 e.